The fourth-order valence-corrected chi connectivity index (χ4v) is 11.5. The van der Waals surface area contributed by atoms with Crippen LogP contribution in [0.25, 0.3) is 0 Å². The summed E-state index contributed by atoms with van der Waals surface area (Å²) in [5.74, 6) is -0.235. The molecule has 0 bridgehead atoms. The van der Waals surface area contributed by atoms with Crippen molar-refractivity contribution < 1.29 is 64.6 Å². The molecule has 80 heavy (non-hydrogen) atoms. The maximum absolute atomic E-state index is 13.2. The minimum atomic E-state index is -1.79. The number of carbonyl (C=O) groups is 1. The van der Waals surface area contributed by atoms with Gasteiger partial charge in [0.1, 0.15) is 48.8 Å². The van der Waals surface area contributed by atoms with Crippen molar-refractivity contribution in [1.29, 1.82) is 0 Å². The molecule has 2 fully saturated rings. The van der Waals surface area contributed by atoms with Crippen LogP contribution in [0.1, 0.15) is 309 Å². The van der Waals surface area contributed by atoms with Gasteiger partial charge >= 0.3 is 0 Å². The third kappa shape index (κ3) is 36.5. The van der Waals surface area contributed by atoms with E-state index in [1.54, 1.807) is 6.08 Å². The number of ether oxygens (including phenoxy) is 4. The minimum absolute atomic E-state index is 0.235. The number of allylic oxidation sites excluding steroid dienone is 1. The SMILES string of the molecule is CCCCCCCCCCCCCCCCCCCCCCCCCCCCCCCCC/C=C/C(O)C(COC1OC(CO)C(OC2OC(CO)C(O)C(O)C2O)C(O)C1O)NC(=O)CCCCCCCCCCCCCCC. The van der Waals surface area contributed by atoms with Crippen LogP contribution in [0.2, 0.25) is 0 Å². The lowest BCUT2D eigenvalue weighted by Gasteiger charge is -2.46. The van der Waals surface area contributed by atoms with Crippen molar-refractivity contribution in [1.82, 2.24) is 5.32 Å². The van der Waals surface area contributed by atoms with E-state index in [4.69, 9.17) is 18.9 Å². The van der Waals surface area contributed by atoms with Crippen LogP contribution in [0, 0.1) is 0 Å². The summed E-state index contributed by atoms with van der Waals surface area (Å²) < 4.78 is 22.8. The molecule has 12 atom stereocenters. The molecular formula is C66H127NO13. The van der Waals surface area contributed by atoms with Gasteiger partial charge in [0, 0.05) is 6.42 Å². The Kier molecular flexibility index (Phi) is 48.7. The molecule has 14 nitrogen and oxygen atoms in total. The lowest BCUT2D eigenvalue weighted by atomic mass is 9.97. The fraction of sp³-hybridized carbons (Fsp3) is 0.955. The largest absolute Gasteiger partial charge is 0.394 e. The molecule has 2 saturated heterocycles. The van der Waals surface area contributed by atoms with E-state index in [1.807, 2.05) is 6.08 Å². The summed E-state index contributed by atoms with van der Waals surface area (Å²) in [5, 5.41) is 87.2. The molecule has 0 aromatic rings. The van der Waals surface area contributed by atoms with Gasteiger partial charge in [-0.15, -0.1) is 0 Å². The van der Waals surface area contributed by atoms with Gasteiger partial charge in [-0.2, -0.15) is 0 Å². The topological polar surface area (TPSA) is 228 Å². The molecule has 0 aromatic heterocycles. The van der Waals surface area contributed by atoms with Crippen LogP contribution in [0.3, 0.4) is 0 Å². The summed E-state index contributed by atoms with van der Waals surface area (Å²) in [7, 11) is 0. The average molecular weight is 1140 g/mol. The predicted molar refractivity (Wildman–Crippen MR) is 323 cm³/mol. The molecular weight excluding hydrogens is 1010 g/mol. The Morgan fingerprint density at radius 3 is 1.15 bits per heavy atom. The van der Waals surface area contributed by atoms with Crippen molar-refractivity contribution in [2.24, 2.45) is 0 Å². The zero-order chi connectivity index (χ0) is 58.1. The zero-order valence-electron chi connectivity index (χ0n) is 51.4. The lowest BCUT2D eigenvalue weighted by Crippen LogP contribution is -2.65. The van der Waals surface area contributed by atoms with Gasteiger partial charge in [0.25, 0.3) is 0 Å². The Hall–Kier alpha value is -1.27. The van der Waals surface area contributed by atoms with Crippen molar-refractivity contribution >= 4 is 5.91 Å². The second-order valence-corrected chi connectivity index (χ2v) is 24.3. The Labute approximate surface area is 488 Å². The molecule has 2 aliphatic rings. The number of rotatable bonds is 56. The smallest absolute Gasteiger partial charge is 0.220 e. The van der Waals surface area contributed by atoms with E-state index in [0.717, 1.165) is 38.5 Å². The molecule has 2 rings (SSSR count). The first-order valence-corrected chi connectivity index (χ1v) is 33.9. The number of aliphatic hydroxyl groups excluding tert-OH is 8. The van der Waals surface area contributed by atoms with Crippen molar-refractivity contribution in [2.45, 2.75) is 383 Å². The number of aliphatic hydroxyl groups is 8. The third-order valence-corrected chi connectivity index (χ3v) is 17.0. The summed E-state index contributed by atoms with van der Waals surface area (Å²) in [6.45, 7) is 2.83. The van der Waals surface area contributed by atoms with Crippen LogP contribution in [0.15, 0.2) is 12.2 Å². The molecule has 0 saturated carbocycles. The number of unbranched alkanes of at least 4 members (excludes halogenated alkanes) is 43. The average Bonchev–Trinajstić information content (AvgIpc) is 3.53. The molecule has 2 heterocycles. The fourth-order valence-electron chi connectivity index (χ4n) is 11.5. The molecule has 0 aliphatic carbocycles. The van der Waals surface area contributed by atoms with E-state index in [-0.39, 0.29) is 18.9 Å². The molecule has 9 N–H and O–H groups in total. The first kappa shape index (κ1) is 74.8. The van der Waals surface area contributed by atoms with Crippen LogP contribution in [-0.4, -0.2) is 140 Å². The third-order valence-electron chi connectivity index (χ3n) is 17.0. The van der Waals surface area contributed by atoms with Gasteiger partial charge in [-0.3, -0.25) is 4.79 Å². The summed E-state index contributed by atoms with van der Waals surface area (Å²) >= 11 is 0. The van der Waals surface area contributed by atoms with Crippen molar-refractivity contribution in [3.05, 3.63) is 12.2 Å². The van der Waals surface area contributed by atoms with Crippen LogP contribution < -0.4 is 5.32 Å². The number of amides is 1. The van der Waals surface area contributed by atoms with E-state index in [2.05, 4.69) is 19.2 Å². The van der Waals surface area contributed by atoms with Crippen LogP contribution in [-0.2, 0) is 23.7 Å². The van der Waals surface area contributed by atoms with Crippen molar-refractivity contribution in [3.8, 4) is 0 Å². The van der Waals surface area contributed by atoms with Gasteiger partial charge < -0.3 is 65.1 Å². The van der Waals surface area contributed by atoms with Crippen LogP contribution in [0.5, 0.6) is 0 Å². The Balaban J connectivity index is 1.62. The van der Waals surface area contributed by atoms with Gasteiger partial charge in [-0.05, 0) is 19.3 Å². The number of nitrogens with one attached hydrogen (secondary N) is 1. The van der Waals surface area contributed by atoms with E-state index in [9.17, 15) is 45.6 Å². The van der Waals surface area contributed by atoms with Crippen molar-refractivity contribution in [3.63, 3.8) is 0 Å². The second-order valence-electron chi connectivity index (χ2n) is 24.3. The zero-order valence-corrected chi connectivity index (χ0v) is 51.4. The maximum Gasteiger partial charge on any atom is 0.220 e. The summed E-state index contributed by atoms with van der Waals surface area (Å²) in [4.78, 5) is 13.2. The maximum atomic E-state index is 13.2. The highest BCUT2D eigenvalue weighted by atomic mass is 16.7. The second kappa shape index (κ2) is 52.1. The predicted octanol–water partition coefficient (Wildman–Crippen LogP) is 13.0. The van der Waals surface area contributed by atoms with Crippen LogP contribution in [0.4, 0.5) is 0 Å². The molecule has 0 radical (unpaired) electrons. The molecule has 0 aromatic carbocycles. The normalized spacial score (nSPS) is 24.2. The monoisotopic (exact) mass is 1140 g/mol. The molecule has 474 valence electrons. The highest BCUT2D eigenvalue weighted by Gasteiger charge is 2.51. The molecule has 1 amide bonds. The number of hydrogen-bond acceptors (Lipinski definition) is 13. The molecule has 2 aliphatic heterocycles. The van der Waals surface area contributed by atoms with Crippen LogP contribution >= 0.6 is 0 Å². The highest BCUT2D eigenvalue weighted by molar-refractivity contribution is 5.76. The quantitative estimate of drug-likeness (QED) is 0.0204. The van der Waals surface area contributed by atoms with Gasteiger partial charge in [0.05, 0.1) is 32.0 Å². The van der Waals surface area contributed by atoms with Gasteiger partial charge in [-0.25, -0.2) is 0 Å². The van der Waals surface area contributed by atoms with Crippen molar-refractivity contribution in [2.75, 3.05) is 19.8 Å². The first-order valence-electron chi connectivity index (χ1n) is 33.9. The minimum Gasteiger partial charge on any atom is -0.394 e. The van der Waals surface area contributed by atoms with Gasteiger partial charge in [0.2, 0.25) is 5.91 Å². The molecule has 14 heteroatoms. The Morgan fingerprint density at radius 1 is 0.438 bits per heavy atom. The van der Waals surface area contributed by atoms with E-state index in [1.165, 1.54) is 244 Å². The lowest BCUT2D eigenvalue weighted by molar-refractivity contribution is -0.359. The summed E-state index contributed by atoms with van der Waals surface area (Å²) in [6.07, 6.45) is 45.7. The van der Waals surface area contributed by atoms with Gasteiger partial charge in [-0.1, -0.05) is 296 Å². The van der Waals surface area contributed by atoms with E-state index >= 15 is 0 Å². The standard InChI is InChI=1S/C66H127NO13/c1-3-5-7-9-11-13-15-17-18-19-20-21-22-23-24-25-26-27-28-29-30-31-32-33-34-35-36-38-39-41-43-45-47-49-55(70)54(67-58(71)50-48-46-44-42-40-37-16-14-12-10-8-6-4-2)53-77-65-63(76)61(74)64(57(52-69)79-65)80-66-62(75)60(73)59(72)56(51-68)78-66/h47,49,54-57,59-66,68-70,72-76H,3-46,48,50-53H2,1-2H3,(H,67,71)/b49-47+. The number of hydrogen-bond donors (Lipinski definition) is 9. The summed E-state index contributed by atoms with van der Waals surface area (Å²) in [6, 6.07) is -0.910. The molecule has 12 unspecified atom stereocenters. The van der Waals surface area contributed by atoms with E-state index in [0.29, 0.717) is 6.42 Å². The van der Waals surface area contributed by atoms with Gasteiger partial charge in [0.15, 0.2) is 12.6 Å². The Bertz CT molecular complexity index is 1390. The number of carbonyl (C=O) groups excluding carboxylic acids is 1. The Morgan fingerprint density at radius 2 is 0.775 bits per heavy atom. The summed E-state index contributed by atoms with van der Waals surface area (Å²) in [5.41, 5.74) is 0. The first-order chi connectivity index (χ1) is 39.1. The molecule has 0 spiro atoms. The highest BCUT2D eigenvalue weighted by Crippen LogP contribution is 2.30. The van der Waals surface area contributed by atoms with E-state index < -0.39 is 86.8 Å².